The molecule has 5 heteroatoms. The van der Waals surface area contributed by atoms with Crippen LogP contribution in [0.3, 0.4) is 0 Å². The second-order valence-electron chi connectivity index (χ2n) is 7.90. The SMILES string of the molecule is C/C=C\c1ccc2sc3ccc([C@]4(C)C[S+]([O-])C(C)(C)C(=N)N4)cc3c2c1. The van der Waals surface area contributed by atoms with E-state index in [0.29, 0.717) is 11.6 Å². The molecule has 0 amide bonds. The van der Waals surface area contributed by atoms with Crippen LogP contribution in [0.25, 0.3) is 26.2 Å². The van der Waals surface area contributed by atoms with Gasteiger partial charge in [-0.05, 0) is 74.3 Å². The number of thiophene rings is 1. The van der Waals surface area contributed by atoms with E-state index in [1.807, 2.05) is 20.8 Å². The Morgan fingerprint density at radius 3 is 2.44 bits per heavy atom. The third-order valence-corrected chi connectivity index (χ3v) is 8.82. The maximum Gasteiger partial charge on any atom is 0.176 e. The van der Waals surface area contributed by atoms with Crippen molar-refractivity contribution in [1.29, 1.82) is 5.41 Å². The molecular formula is C22H24N2OS2. The summed E-state index contributed by atoms with van der Waals surface area (Å²) in [5, 5.41) is 14.2. The Balaban J connectivity index is 1.84. The van der Waals surface area contributed by atoms with Gasteiger partial charge in [0.1, 0.15) is 11.3 Å². The molecule has 0 radical (unpaired) electrons. The molecule has 2 aromatic carbocycles. The van der Waals surface area contributed by atoms with E-state index in [2.05, 4.69) is 60.8 Å². The van der Waals surface area contributed by atoms with Gasteiger partial charge in [-0.2, -0.15) is 0 Å². The lowest BCUT2D eigenvalue weighted by atomic mass is 9.91. The van der Waals surface area contributed by atoms with E-state index < -0.39 is 21.5 Å². The van der Waals surface area contributed by atoms with E-state index in [9.17, 15) is 4.55 Å². The van der Waals surface area contributed by atoms with Crippen LogP contribution in [0.1, 0.15) is 38.8 Å². The lowest BCUT2D eigenvalue weighted by molar-refractivity contribution is 0.443. The van der Waals surface area contributed by atoms with Gasteiger partial charge in [0, 0.05) is 20.2 Å². The van der Waals surface area contributed by atoms with Crippen molar-refractivity contribution in [2.45, 2.75) is 38.0 Å². The maximum atomic E-state index is 12.8. The van der Waals surface area contributed by atoms with E-state index >= 15 is 0 Å². The summed E-state index contributed by atoms with van der Waals surface area (Å²) < 4.78 is 14.7. The lowest BCUT2D eigenvalue weighted by Gasteiger charge is -2.44. The lowest BCUT2D eigenvalue weighted by Crippen LogP contribution is -2.63. The molecule has 3 nitrogen and oxygen atoms in total. The molecule has 1 aliphatic heterocycles. The predicted octanol–water partition coefficient (Wildman–Crippen LogP) is 5.41. The number of rotatable bonds is 2. The van der Waals surface area contributed by atoms with Crippen LogP contribution in [0, 0.1) is 5.41 Å². The summed E-state index contributed by atoms with van der Waals surface area (Å²) in [7, 11) is 0. The molecule has 3 aromatic rings. The Morgan fingerprint density at radius 1 is 1.11 bits per heavy atom. The van der Waals surface area contributed by atoms with Crippen LogP contribution >= 0.6 is 11.3 Å². The van der Waals surface area contributed by atoms with Gasteiger partial charge in [0.15, 0.2) is 10.6 Å². The predicted molar refractivity (Wildman–Crippen MR) is 119 cm³/mol. The molecule has 1 aromatic heterocycles. The van der Waals surface area contributed by atoms with Gasteiger partial charge in [0.05, 0.1) is 0 Å². The monoisotopic (exact) mass is 396 g/mol. The summed E-state index contributed by atoms with van der Waals surface area (Å²) >= 11 is 0.695. The number of hydrogen-bond acceptors (Lipinski definition) is 3. The molecule has 1 aliphatic rings. The third-order valence-electron chi connectivity index (χ3n) is 5.48. The van der Waals surface area contributed by atoms with Gasteiger partial charge in [-0.3, -0.25) is 5.41 Å². The van der Waals surface area contributed by atoms with Crippen LogP contribution in [0.15, 0.2) is 42.5 Å². The Bertz CT molecular complexity index is 1080. The van der Waals surface area contributed by atoms with Gasteiger partial charge in [0.25, 0.3) is 0 Å². The summed E-state index contributed by atoms with van der Waals surface area (Å²) in [6.45, 7) is 7.82. The zero-order valence-electron chi connectivity index (χ0n) is 16.1. The van der Waals surface area contributed by atoms with Gasteiger partial charge in [-0.25, -0.2) is 0 Å². The fraction of sp³-hybridized carbons (Fsp3) is 0.318. The van der Waals surface area contributed by atoms with Gasteiger partial charge in [-0.1, -0.05) is 24.3 Å². The van der Waals surface area contributed by atoms with Crippen molar-refractivity contribution in [3.8, 4) is 0 Å². The third kappa shape index (κ3) is 2.98. The second kappa shape index (κ2) is 6.36. The van der Waals surface area contributed by atoms with Crippen molar-refractivity contribution in [2.24, 2.45) is 0 Å². The van der Waals surface area contributed by atoms with Crippen LogP contribution in [0.5, 0.6) is 0 Å². The van der Waals surface area contributed by atoms with E-state index in [-0.39, 0.29) is 0 Å². The average molecular weight is 397 g/mol. The zero-order valence-corrected chi connectivity index (χ0v) is 17.7. The summed E-state index contributed by atoms with van der Waals surface area (Å²) in [6.07, 6.45) is 4.17. The highest BCUT2D eigenvalue weighted by Gasteiger charge is 2.49. The number of allylic oxidation sites excluding steroid dienone is 1. The van der Waals surface area contributed by atoms with Crippen molar-refractivity contribution in [3.63, 3.8) is 0 Å². The Hall–Kier alpha value is -1.82. The summed E-state index contributed by atoms with van der Waals surface area (Å²) in [5.74, 6) is 0.847. The summed E-state index contributed by atoms with van der Waals surface area (Å²) in [6, 6.07) is 13.0. The molecule has 2 heterocycles. The summed E-state index contributed by atoms with van der Waals surface area (Å²) in [5.41, 5.74) is 1.78. The van der Waals surface area contributed by atoms with Crippen molar-refractivity contribution in [1.82, 2.24) is 5.32 Å². The fourth-order valence-corrected chi connectivity index (χ4v) is 6.08. The number of hydrogen-bond donors (Lipinski definition) is 2. The second-order valence-corrected chi connectivity index (χ2v) is 11.0. The van der Waals surface area contributed by atoms with Gasteiger partial charge in [0.2, 0.25) is 0 Å². The largest absolute Gasteiger partial charge is 0.616 e. The molecule has 140 valence electrons. The molecule has 0 spiro atoms. The average Bonchev–Trinajstić information content (AvgIpc) is 2.98. The molecule has 1 fully saturated rings. The fourth-order valence-electron chi connectivity index (χ4n) is 3.61. The summed E-state index contributed by atoms with van der Waals surface area (Å²) in [4.78, 5) is 0. The van der Waals surface area contributed by atoms with E-state index in [1.54, 1.807) is 11.3 Å². The van der Waals surface area contributed by atoms with Crippen LogP contribution < -0.4 is 5.32 Å². The van der Waals surface area contributed by atoms with Crippen molar-refractivity contribution >= 4 is 54.6 Å². The van der Waals surface area contributed by atoms with Crippen LogP contribution in [-0.4, -0.2) is 20.9 Å². The smallest absolute Gasteiger partial charge is 0.176 e. The van der Waals surface area contributed by atoms with E-state index in [4.69, 9.17) is 5.41 Å². The first-order chi connectivity index (χ1) is 12.7. The van der Waals surface area contributed by atoms with Crippen molar-refractivity contribution in [3.05, 3.63) is 53.6 Å². The first kappa shape index (κ1) is 18.5. The first-order valence-corrected chi connectivity index (χ1v) is 11.2. The minimum atomic E-state index is -1.10. The Labute approximate surface area is 167 Å². The Kier molecular flexibility index (Phi) is 4.37. The van der Waals surface area contributed by atoms with Crippen LogP contribution in [0.4, 0.5) is 0 Å². The molecule has 0 bridgehead atoms. The number of benzene rings is 2. The zero-order chi connectivity index (χ0) is 19.4. The quantitative estimate of drug-likeness (QED) is 0.569. The van der Waals surface area contributed by atoms with Gasteiger partial charge in [-0.15, -0.1) is 11.3 Å². The molecule has 2 atom stereocenters. The van der Waals surface area contributed by atoms with E-state index in [0.717, 1.165) is 5.56 Å². The topological polar surface area (TPSA) is 58.9 Å². The standard InChI is InChI=1S/C22H24N2OS2/c1-5-6-14-7-9-18-16(11-14)17-12-15(8-10-19(17)26-18)22(4)13-27(25)21(2,3)20(23)24-22/h5-12H,13H2,1-4H3,(H2,23,24)/b6-5-/t22-,27?/m0/s1. The molecule has 0 aliphatic carbocycles. The normalized spacial score (nSPS) is 25.4. The van der Waals surface area contributed by atoms with Crippen LogP contribution in [-0.2, 0) is 16.7 Å². The molecule has 2 N–H and O–H groups in total. The van der Waals surface area contributed by atoms with Crippen LogP contribution in [0.2, 0.25) is 0 Å². The maximum absolute atomic E-state index is 12.8. The van der Waals surface area contributed by atoms with Crippen molar-refractivity contribution < 1.29 is 4.55 Å². The van der Waals surface area contributed by atoms with Gasteiger partial charge < -0.3 is 9.87 Å². The molecule has 4 rings (SSSR count). The number of amidine groups is 1. The van der Waals surface area contributed by atoms with E-state index in [1.165, 1.54) is 25.7 Å². The minimum absolute atomic E-state index is 0.347. The first-order valence-electron chi connectivity index (χ1n) is 9.10. The molecule has 27 heavy (non-hydrogen) atoms. The van der Waals surface area contributed by atoms with Gasteiger partial charge >= 0.3 is 0 Å². The molecule has 1 unspecified atom stereocenters. The molecule has 0 saturated carbocycles. The number of fused-ring (bicyclic) bond motifs is 3. The Morgan fingerprint density at radius 2 is 1.78 bits per heavy atom. The highest BCUT2D eigenvalue weighted by molar-refractivity contribution is 7.93. The highest BCUT2D eigenvalue weighted by Crippen LogP contribution is 2.39. The number of nitrogens with one attached hydrogen (secondary N) is 2. The highest BCUT2D eigenvalue weighted by atomic mass is 32.2. The van der Waals surface area contributed by atoms with Crippen molar-refractivity contribution in [2.75, 3.05) is 5.75 Å². The minimum Gasteiger partial charge on any atom is -0.616 e. The molecular weight excluding hydrogens is 372 g/mol. The molecule has 1 saturated heterocycles.